The molecule has 0 rings (SSSR count). The maximum absolute atomic E-state index is 12.2. The second-order valence-corrected chi connectivity index (χ2v) is 10.5. The van der Waals surface area contributed by atoms with Gasteiger partial charge in [-0.2, -0.15) is 0 Å². The van der Waals surface area contributed by atoms with Gasteiger partial charge in [0.1, 0.15) is 0 Å². The third-order valence-electron chi connectivity index (χ3n) is 6.76. The van der Waals surface area contributed by atoms with Crippen molar-refractivity contribution >= 4 is 5.91 Å². The summed E-state index contributed by atoms with van der Waals surface area (Å²) in [6.07, 6.45) is 41.5. The van der Waals surface area contributed by atoms with Crippen molar-refractivity contribution in [2.75, 3.05) is 6.61 Å². The van der Waals surface area contributed by atoms with Crippen LogP contribution in [0.15, 0.2) is 60.8 Å². The molecule has 0 bridgehead atoms. The van der Waals surface area contributed by atoms with Crippen molar-refractivity contribution in [2.45, 2.75) is 148 Å². The molecule has 0 aliphatic heterocycles. The predicted molar refractivity (Wildman–Crippen MR) is 170 cm³/mol. The van der Waals surface area contributed by atoms with E-state index < -0.39 is 12.1 Å². The molecule has 0 spiro atoms. The van der Waals surface area contributed by atoms with Crippen LogP contribution in [0, 0.1) is 0 Å². The molecule has 1 amide bonds. The Morgan fingerprint density at radius 2 is 1.13 bits per heavy atom. The number of carbonyl (C=O) groups is 1. The van der Waals surface area contributed by atoms with Crippen LogP contribution < -0.4 is 5.32 Å². The zero-order valence-electron chi connectivity index (χ0n) is 25.4. The van der Waals surface area contributed by atoms with Crippen molar-refractivity contribution < 1.29 is 15.0 Å². The quantitative estimate of drug-likeness (QED) is 0.0715. The molecule has 0 aromatic carbocycles. The second-order valence-electron chi connectivity index (χ2n) is 10.5. The van der Waals surface area contributed by atoms with Gasteiger partial charge in [-0.05, 0) is 57.8 Å². The van der Waals surface area contributed by atoms with Gasteiger partial charge in [0.25, 0.3) is 0 Å². The summed E-state index contributed by atoms with van der Waals surface area (Å²) in [5, 5.41) is 22.7. The zero-order chi connectivity index (χ0) is 28.7. The fourth-order valence-electron chi connectivity index (χ4n) is 4.28. The second kappa shape index (κ2) is 30.6. The number of rotatable bonds is 27. The average molecular weight is 544 g/mol. The Labute approximate surface area is 241 Å². The van der Waals surface area contributed by atoms with Gasteiger partial charge in [-0.25, -0.2) is 0 Å². The van der Waals surface area contributed by atoms with Gasteiger partial charge >= 0.3 is 0 Å². The minimum absolute atomic E-state index is 0.0940. The van der Waals surface area contributed by atoms with E-state index in [2.05, 4.69) is 67.8 Å². The van der Waals surface area contributed by atoms with Crippen molar-refractivity contribution in [2.24, 2.45) is 0 Å². The molecule has 0 saturated carbocycles. The van der Waals surface area contributed by atoms with E-state index in [0.717, 1.165) is 70.6 Å². The Kier molecular flexibility index (Phi) is 29.1. The third kappa shape index (κ3) is 27.4. The van der Waals surface area contributed by atoms with Crippen LogP contribution in [0.25, 0.3) is 0 Å². The van der Waals surface area contributed by atoms with E-state index in [4.69, 9.17) is 0 Å². The van der Waals surface area contributed by atoms with E-state index in [1.807, 2.05) is 6.08 Å². The summed E-state index contributed by atoms with van der Waals surface area (Å²) in [5.41, 5.74) is 0. The number of aliphatic hydroxyl groups is 2. The van der Waals surface area contributed by atoms with Crippen LogP contribution >= 0.6 is 0 Å². The summed E-state index contributed by atoms with van der Waals surface area (Å²) in [4.78, 5) is 12.2. The Balaban J connectivity index is 3.76. The summed E-state index contributed by atoms with van der Waals surface area (Å²) in [7, 11) is 0. The monoisotopic (exact) mass is 543 g/mol. The lowest BCUT2D eigenvalue weighted by atomic mass is 10.1. The standard InChI is InChI=1S/C35H61NO3/c1-3-5-7-9-11-13-15-16-17-18-19-20-21-23-25-27-29-31-35(39)36-33(32-37)34(38)30-28-26-24-22-14-12-10-8-6-4-2/h5,7,11,13,16-17,19-20,28,30,33-34,37-38H,3-4,6,8-10,12,14-15,18,21-27,29,31-32H2,1-2H3,(H,36,39)/b7-5-,13-11-,17-16-,20-19-,30-28+. The first-order valence-corrected chi connectivity index (χ1v) is 16.0. The van der Waals surface area contributed by atoms with Crippen molar-refractivity contribution in [1.82, 2.24) is 5.32 Å². The molecule has 3 N–H and O–H groups in total. The molecule has 0 aromatic rings. The normalized spacial score (nSPS) is 14.1. The van der Waals surface area contributed by atoms with Crippen molar-refractivity contribution in [1.29, 1.82) is 0 Å². The number of hydrogen-bond acceptors (Lipinski definition) is 3. The number of allylic oxidation sites excluding steroid dienone is 9. The van der Waals surface area contributed by atoms with E-state index in [0.29, 0.717) is 6.42 Å². The molecule has 0 saturated heterocycles. The molecule has 2 unspecified atom stereocenters. The highest BCUT2D eigenvalue weighted by atomic mass is 16.3. The molecule has 0 aromatic heterocycles. The van der Waals surface area contributed by atoms with Gasteiger partial charge in [0.2, 0.25) is 5.91 Å². The van der Waals surface area contributed by atoms with Crippen LogP contribution in [0.3, 0.4) is 0 Å². The molecular formula is C35H61NO3. The first kappa shape index (κ1) is 37.1. The molecule has 4 heteroatoms. The van der Waals surface area contributed by atoms with Crippen LogP contribution in [-0.4, -0.2) is 34.9 Å². The fraction of sp³-hybridized carbons (Fsp3) is 0.686. The van der Waals surface area contributed by atoms with E-state index in [1.165, 1.54) is 44.9 Å². The number of carbonyl (C=O) groups excluding carboxylic acids is 1. The number of hydrogen-bond donors (Lipinski definition) is 3. The maximum atomic E-state index is 12.2. The molecule has 0 aliphatic rings. The highest BCUT2D eigenvalue weighted by Crippen LogP contribution is 2.10. The van der Waals surface area contributed by atoms with Gasteiger partial charge < -0.3 is 15.5 Å². The van der Waals surface area contributed by atoms with Gasteiger partial charge in [-0.1, -0.05) is 132 Å². The summed E-state index contributed by atoms with van der Waals surface area (Å²) in [6.45, 7) is 4.13. The highest BCUT2D eigenvalue weighted by molar-refractivity contribution is 5.76. The van der Waals surface area contributed by atoms with Gasteiger partial charge in [0.15, 0.2) is 0 Å². The van der Waals surface area contributed by atoms with Crippen LogP contribution in [0.5, 0.6) is 0 Å². The zero-order valence-corrected chi connectivity index (χ0v) is 25.4. The van der Waals surface area contributed by atoms with E-state index in [9.17, 15) is 15.0 Å². The first-order valence-electron chi connectivity index (χ1n) is 16.0. The van der Waals surface area contributed by atoms with E-state index >= 15 is 0 Å². The molecule has 0 radical (unpaired) electrons. The smallest absolute Gasteiger partial charge is 0.220 e. The number of nitrogens with one attached hydrogen (secondary N) is 1. The Morgan fingerprint density at radius 1 is 0.641 bits per heavy atom. The SMILES string of the molecule is CC/C=C\C/C=C\C/C=C\C/C=C\CCCCCCC(=O)NC(CO)C(O)/C=C/CCCCCCCCCC. The largest absolute Gasteiger partial charge is 0.394 e. The molecule has 2 atom stereocenters. The van der Waals surface area contributed by atoms with Gasteiger partial charge in [0, 0.05) is 6.42 Å². The lowest BCUT2D eigenvalue weighted by Gasteiger charge is -2.20. The Hall–Kier alpha value is -1.91. The Bertz CT molecular complexity index is 677. The van der Waals surface area contributed by atoms with Gasteiger partial charge in [-0.15, -0.1) is 0 Å². The fourth-order valence-corrected chi connectivity index (χ4v) is 4.28. The molecule has 224 valence electrons. The molecular weight excluding hydrogens is 482 g/mol. The average Bonchev–Trinajstić information content (AvgIpc) is 2.94. The van der Waals surface area contributed by atoms with Crippen molar-refractivity contribution in [3.63, 3.8) is 0 Å². The third-order valence-corrected chi connectivity index (χ3v) is 6.76. The minimum atomic E-state index is -0.848. The lowest BCUT2D eigenvalue weighted by Crippen LogP contribution is -2.45. The molecule has 0 aliphatic carbocycles. The Morgan fingerprint density at radius 3 is 1.69 bits per heavy atom. The van der Waals surface area contributed by atoms with Crippen LogP contribution in [0.2, 0.25) is 0 Å². The maximum Gasteiger partial charge on any atom is 0.220 e. The number of amides is 1. The van der Waals surface area contributed by atoms with Crippen LogP contribution in [-0.2, 0) is 4.79 Å². The predicted octanol–water partition coefficient (Wildman–Crippen LogP) is 9.06. The van der Waals surface area contributed by atoms with Crippen LogP contribution in [0.4, 0.5) is 0 Å². The lowest BCUT2D eigenvalue weighted by molar-refractivity contribution is -0.123. The van der Waals surface area contributed by atoms with E-state index in [1.54, 1.807) is 6.08 Å². The van der Waals surface area contributed by atoms with Gasteiger partial charge in [0.05, 0.1) is 18.8 Å². The highest BCUT2D eigenvalue weighted by Gasteiger charge is 2.17. The summed E-state index contributed by atoms with van der Waals surface area (Å²) < 4.78 is 0. The van der Waals surface area contributed by atoms with Crippen molar-refractivity contribution in [3.8, 4) is 0 Å². The van der Waals surface area contributed by atoms with Crippen LogP contribution in [0.1, 0.15) is 136 Å². The molecule has 0 heterocycles. The number of aliphatic hydroxyl groups excluding tert-OH is 2. The minimum Gasteiger partial charge on any atom is -0.394 e. The van der Waals surface area contributed by atoms with E-state index in [-0.39, 0.29) is 12.5 Å². The summed E-state index contributed by atoms with van der Waals surface area (Å²) in [6, 6.07) is -0.634. The van der Waals surface area contributed by atoms with Crippen molar-refractivity contribution in [3.05, 3.63) is 60.8 Å². The summed E-state index contributed by atoms with van der Waals surface area (Å²) >= 11 is 0. The number of unbranched alkanes of at least 4 members (excludes halogenated alkanes) is 12. The summed E-state index contributed by atoms with van der Waals surface area (Å²) in [5.74, 6) is -0.0940. The molecule has 39 heavy (non-hydrogen) atoms. The first-order chi connectivity index (χ1) is 19.2. The molecule has 4 nitrogen and oxygen atoms in total. The topological polar surface area (TPSA) is 69.6 Å². The van der Waals surface area contributed by atoms with Gasteiger partial charge in [-0.3, -0.25) is 4.79 Å². The molecule has 0 fully saturated rings.